The van der Waals surface area contributed by atoms with Gasteiger partial charge in [-0.25, -0.2) is 4.98 Å². The molecule has 0 saturated carbocycles. The van der Waals surface area contributed by atoms with E-state index in [-0.39, 0.29) is 0 Å². The number of fused-ring (bicyclic) bond motifs is 1. The van der Waals surface area contributed by atoms with Gasteiger partial charge in [0.1, 0.15) is 5.25 Å². The third-order valence-corrected chi connectivity index (χ3v) is 5.17. The molecule has 0 fully saturated rings. The monoisotopic (exact) mass is 361 g/mol. The highest BCUT2D eigenvalue weighted by molar-refractivity contribution is 9.10. The lowest BCUT2D eigenvalue weighted by Gasteiger charge is -2.06. The van der Waals surface area contributed by atoms with Crippen molar-refractivity contribution in [1.82, 2.24) is 4.98 Å². The number of para-hydroxylation sites is 1. The molecular formula is C11H8BrNO4S2. The largest absolute Gasteiger partial charge is 0.481 e. The average molecular weight is 362 g/mol. The number of hydrogen-bond donors (Lipinski definition) is 2. The number of rotatable bonds is 5. The van der Waals surface area contributed by atoms with Crippen LogP contribution in [0.5, 0.6) is 0 Å². The normalized spacial score (nSPS) is 12.5. The molecule has 1 aromatic carbocycles. The molecular weight excluding hydrogens is 354 g/mol. The molecule has 1 atom stereocenters. The van der Waals surface area contributed by atoms with Crippen molar-refractivity contribution < 1.29 is 19.8 Å². The molecule has 0 bridgehead atoms. The third kappa shape index (κ3) is 3.46. The maximum atomic E-state index is 11.0. The van der Waals surface area contributed by atoms with Crippen LogP contribution in [0.1, 0.15) is 6.42 Å². The van der Waals surface area contributed by atoms with Crippen LogP contribution in [0.3, 0.4) is 0 Å². The summed E-state index contributed by atoms with van der Waals surface area (Å²) in [6, 6.07) is 5.60. The Morgan fingerprint density at radius 3 is 2.74 bits per heavy atom. The van der Waals surface area contributed by atoms with Crippen molar-refractivity contribution >= 4 is 61.2 Å². The molecule has 1 unspecified atom stereocenters. The summed E-state index contributed by atoms with van der Waals surface area (Å²) in [7, 11) is 0. The topological polar surface area (TPSA) is 87.5 Å². The highest BCUT2D eigenvalue weighted by atomic mass is 79.9. The number of nitrogens with zero attached hydrogens (tertiary/aromatic N) is 1. The smallest absolute Gasteiger partial charge is 0.317 e. The zero-order valence-corrected chi connectivity index (χ0v) is 12.6. The highest BCUT2D eigenvalue weighted by Gasteiger charge is 2.24. The summed E-state index contributed by atoms with van der Waals surface area (Å²) in [6.07, 6.45) is -0.433. The number of halogens is 1. The Bertz CT molecular complexity index is 643. The van der Waals surface area contributed by atoms with E-state index in [4.69, 9.17) is 10.2 Å². The zero-order chi connectivity index (χ0) is 14.0. The molecule has 0 amide bonds. The van der Waals surface area contributed by atoms with Crippen LogP contribution in [0.15, 0.2) is 27.0 Å². The molecule has 0 saturated heterocycles. The van der Waals surface area contributed by atoms with Crippen molar-refractivity contribution in [2.75, 3.05) is 0 Å². The van der Waals surface area contributed by atoms with Crippen molar-refractivity contribution in [3.8, 4) is 0 Å². The van der Waals surface area contributed by atoms with Crippen LogP contribution in [-0.4, -0.2) is 32.4 Å². The molecule has 8 heteroatoms. The first-order valence-corrected chi connectivity index (χ1v) is 7.62. The van der Waals surface area contributed by atoms with Gasteiger partial charge < -0.3 is 10.2 Å². The SMILES string of the molecule is O=C(O)CC(Sc1nc2c(Br)cccc2s1)C(=O)O. The van der Waals surface area contributed by atoms with Gasteiger partial charge in [-0.15, -0.1) is 11.3 Å². The van der Waals surface area contributed by atoms with Crippen LogP contribution in [0.4, 0.5) is 0 Å². The van der Waals surface area contributed by atoms with E-state index in [0.717, 1.165) is 26.5 Å². The number of hydrogen-bond acceptors (Lipinski definition) is 5. The molecule has 2 rings (SSSR count). The molecule has 1 aromatic heterocycles. The number of benzene rings is 1. The number of aromatic nitrogens is 1. The molecule has 2 N–H and O–H groups in total. The minimum atomic E-state index is -1.15. The molecule has 1 heterocycles. The lowest BCUT2D eigenvalue weighted by molar-refractivity contribution is -0.142. The molecule has 19 heavy (non-hydrogen) atoms. The first-order chi connectivity index (χ1) is 8.97. The molecule has 100 valence electrons. The van der Waals surface area contributed by atoms with Crippen LogP contribution in [0, 0.1) is 0 Å². The molecule has 0 aliphatic rings. The van der Waals surface area contributed by atoms with Crippen molar-refractivity contribution in [1.29, 1.82) is 0 Å². The predicted octanol–water partition coefficient (Wildman–Crippen LogP) is 3.08. The summed E-state index contributed by atoms with van der Waals surface area (Å²) >= 11 is 5.69. The number of carboxylic acids is 2. The van der Waals surface area contributed by atoms with E-state index in [1.807, 2.05) is 18.2 Å². The van der Waals surface area contributed by atoms with Gasteiger partial charge in [0.05, 0.1) is 16.6 Å². The van der Waals surface area contributed by atoms with E-state index in [1.54, 1.807) is 0 Å². The van der Waals surface area contributed by atoms with E-state index in [2.05, 4.69) is 20.9 Å². The van der Waals surface area contributed by atoms with Gasteiger partial charge in [0, 0.05) is 4.47 Å². The van der Waals surface area contributed by atoms with Crippen LogP contribution >= 0.6 is 39.0 Å². The molecule has 2 aromatic rings. The Morgan fingerprint density at radius 2 is 2.16 bits per heavy atom. The first kappa shape index (κ1) is 14.3. The van der Waals surface area contributed by atoms with Crippen molar-refractivity contribution in [2.24, 2.45) is 0 Å². The van der Waals surface area contributed by atoms with E-state index in [1.165, 1.54) is 11.3 Å². The molecule has 0 aliphatic heterocycles. The fraction of sp³-hybridized carbons (Fsp3) is 0.182. The fourth-order valence-electron chi connectivity index (χ4n) is 1.40. The molecule has 0 spiro atoms. The van der Waals surface area contributed by atoms with Crippen molar-refractivity contribution in [3.63, 3.8) is 0 Å². The number of aliphatic carboxylic acids is 2. The predicted molar refractivity (Wildman–Crippen MR) is 76.9 cm³/mol. The second kappa shape index (κ2) is 5.89. The maximum Gasteiger partial charge on any atom is 0.317 e. The van der Waals surface area contributed by atoms with Crippen LogP contribution in [0.2, 0.25) is 0 Å². The highest BCUT2D eigenvalue weighted by Crippen LogP contribution is 2.35. The summed E-state index contributed by atoms with van der Waals surface area (Å²) in [4.78, 5) is 26.0. The minimum Gasteiger partial charge on any atom is -0.481 e. The maximum absolute atomic E-state index is 11.0. The Labute approximate surface area is 124 Å². The molecule has 0 radical (unpaired) electrons. The van der Waals surface area contributed by atoms with Gasteiger partial charge in [-0.3, -0.25) is 9.59 Å². The van der Waals surface area contributed by atoms with E-state index >= 15 is 0 Å². The third-order valence-electron chi connectivity index (χ3n) is 2.23. The molecule has 0 aliphatic carbocycles. The van der Waals surface area contributed by atoms with Gasteiger partial charge in [-0.05, 0) is 28.1 Å². The van der Waals surface area contributed by atoms with Crippen molar-refractivity contribution in [3.05, 3.63) is 22.7 Å². The van der Waals surface area contributed by atoms with Gasteiger partial charge in [-0.1, -0.05) is 17.8 Å². The van der Waals surface area contributed by atoms with Crippen LogP contribution in [0.25, 0.3) is 10.2 Å². The van der Waals surface area contributed by atoms with Crippen LogP contribution in [-0.2, 0) is 9.59 Å². The summed E-state index contributed by atoms with van der Waals surface area (Å²) in [6.45, 7) is 0. The minimum absolute atomic E-state index is 0.433. The standard InChI is InChI=1S/C11H8BrNO4S2/c12-5-2-1-3-6-9(5)13-11(18-6)19-7(10(16)17)4-8(14)15/h1-3,7H,4H2,(H,14,15)(H,16,17). The Morgan fingerprint density at radius 1 is 1.42 bits per heavy atom. The number of thioether (sulfide) groups is 1. The van der Waals surface area contributed by atoms with Gasteiger partial charge >= 0.3 is 11.9 Å². The van der Waals surface area contributed by atoms with Gasteiger partial charge in [0.15, 0.2) is 4.34 Å². The second-order valence-electron chi connectivity index (χ2n) is 3.61. The summed E-state index contributed by atoms with van der Waals surface area (Å²) in [5.41, 5.74) is 0.759. The Hall–Kier alpha value is -1.12. The quantitative estimate of drug-likeness (QED) is 0.795. The van der Waals surface area contributed by atoms with Gasteiger partial charge in [0.25, 0.3) is 0 Å². The average Bonchev–Trinajstić information content (AvgIpc) is 2.71. The number of carboxylic acid groups (broad SMARTS) is 2. The number of thiazole rings is 1. The summed E-state index contributed by atoms with van der Waals surface area (Å²) < 4.78 is 2.31. The van der Waals surface area contributed by atoms with E-state index in [9.17, 15) is 9.59 Å². The number of carbonyl (C=O) groups is 2. The van der Waals surface area contributed by atoms with Gasteiger partial charge in [0.2, 0.25) is 0 Å². The lowest BCUT2D eigenvalue weighted by atomic mass is 10.3. The Balaban J connectivity index is 2.26. The fourth-order valence-corrected chi connectivity index (χ4v) is 4.24. The zero-order valence-electron chi connectivity index (χ0n) is 9.37. The van der Waals surface area contributed by atoms with Crippen molar-refractivity contribution in [2.45, 2.75) is 16.0 Å². The van der Waals surface area contributed by atoms with Gasteiger partial charge in [-0.2, -0.15) is 0 Å². The molecule has 5 nitrogen and oxygen atoms in total. The van der Waals surface area contributed by atoms with Crippen LogP contribution < -0.4 is 0 Å². The van der Waals surface area contributed by atoms with E-state index < -0.39 is 23.6 Å². The summed E-state index contributed by atoms with van der Waals surface area (Å²) in [5, 5.41) is 16.7. The lowest BCUT2D eigenvalue weighted by Crippen LogP contribution is -2.20. The Kier molecular flexibility index (Phi) is 4.43. The summed E-state index contributed by atoms with van der Waals surface area (Å²) in [5.74, 6) is -2.28. The first-order valence-electron chi connectivity index (χ1n) is 5.13. The van der Waals surface area contributed by atoms with E-state index in [0.29, 0.717) is 4.34 Å². The second-order valence-corrected chi connectivity index (χ2v) is 6.94.